The fraction of sp³-hybridized carbons (Fsp3) is 0.111. The molecule has 0 amide bonds. The third-order valence-corrected chi connectivity index (χ3v) is 3.50. The average molecular weight is 322 g/mol. The van der Waals surface area contributed by atoms with Crippen molar-refractivity contribution in [1.82, 2.24) is 0 Å². The molecule has 6 nitrogen and oxygen atoms in total. The Balaban J connectivity index is 2.04. The average Bonchev–Trinajstić information content (AvgIpc) is 3.06. The first kappa shape index (κ1) is 15.6. The summed E-state index contributed by atoms with van der Waals surface area (Å²) in [5, 5.41) is 7.84. The van der Waals surface area contributed by atoms with Gasteiger partial charge in [0.1, 0.15) is 0 Å². The van der Waals surface area contributed by atoms with Crippen LogP contribution < -0.4 is 20.9 Å². The smallest absolute Gasteiger partial charge is 0.231 e. The van der Waals surface area contributed by atoms with Gasteiger partial charge in [0.2, 0.25) is 12.8 Å². The highest BCUT2D eigenvalue weighted by atomic mass is 16.7. The Labute approximate surface area is 140 Å². The van der Waals surface area contributed by atoms with Crippen molar-refractivity contribution in [2.75, 3.05) is 6.79 Å². The summed E-state index contributed by atoms with van der Waals surface area (Å²) in [5.41, 5.74) is 14.3. The summed E-state index contributed by atoms with van der Waals surface area (Å²) in [6.45, 7) is 2.11. The quantitative estimate of drug-likeness (QED) is 0.391. The Hall–Kier alpha value is -3.28. The monoisotopic (exact) mass is 322 g/mol. The molecule has 0 saturated carbocycles. The lowest BCUT2D eigenvalue weighted by Crippen LogP contribution is -2.22. The molecule has 0 aliphatic carbocycles. The van der Waals surface area contributed by atoms with Crippen LogP contribution in [0.3, 0.4) is 0 Å². The van der Waals surface area contributed by atoms with E-state index in [2.05, 4.69) is 10.2 Å². The molecule has 0 aromatic heterocycles. The van der Waals surface area contributed by atoms with Gasteiger partial charge in [0.05, 0.1) is 5.71 Å². The zero-order valence-electron chi connectivity index (χ0n) is 13.3. The van der Waals surface area contributed by atoms with Crippen LogP contribution in [0.1, 0.15) is 18.1 Å². The van der Waals surface area contributed by atoms with E-state index in [-0.39, 0.29) is 12.8 Å². The van der Waals surface area contributed by atoms with Gasteiger partial charge in [-0.15, -0.1) is 5.10 Å². The van der Waals surface area contributed by atoms with Crippen LogP contribution in [0.15, 0.2) is 58.7 Å². The largest absolute Gasteiger partial charge is 0.454 e. The van der Waals surface area contributed by atoms with E-state index in [9.17, 15) is 0 Å². The molecule has 1 aliphatic rings. The summed E-state index contributed by atoms with van der Waals surface area (Å²) in [7, 11) is 0. The SMILES string of the molecule is CC(=N\N=C(N)N)/C(=C/c1ccc2c(c1)OCO2)c1ccccc1. The molecule has 6 heteroatoms. The predicted molar refractivity (Wildman–Crippen MR) is 95.8 cm³/mol. The lowest BCUT2D eigenvalue weighted by Gasteiger charge is -2.08. The van der Waals surface area contributed by atoms with Gasteiger partial charge < -0.3 is 20.9 Å². The van der Waals surface area contributed by atoms with Gasteiger partial charge in [-0.2, -0.15) is 5.10 Å². The number of fused-ring (bicyclic) bond motifs is 1. The van der Waals surface area contributed by atoms with Gasteiger partial charge in [-0.1, -0.05) is 36.4 Å². The van der Waals surface area contributed by atoms with Crippen LogP contribution in [-0.2, 0) is 0 Å². The third kappa shape index (κ3) is 3.55. The van der Waals surface area contributed by atoms with Crippen LogP contribution in [0.2, 0.25) is 0 Å². The van der Waals surface area contributed by atoms with Gasteiger partial charge in [-0.25, -0.2) is 0 Å². The maximum absolute atomic E-state index is 5.43. The lowest BCUT2D eigenvalue weighted by molar-refractivity contribution is 0.174. The van der Waals surface area contributed by atoms with Gasteiger partial charge in [0, 0.05) is 5.57 Å². The van der Waals surface area contributed by atoms with E-state index in [1.165, 1.54) is 0 Å². The first-order valence-corrected chi connectivity index (χ1v) is 7.44. The van der Waals surface area contributed by atoms with Crippen LogP contribution in [-0.4, -0.2) is 18.5 Å². The molecule has 0 unspecified atom stereocenters. The number of ether oxygens (including phenoxy) is 2. The standard InChI is InChI=1S/C18H18N4O2/c1-12(21-22-18(19)20)15(14-5-3-2-4-6-14)9-13-7-8-16-17(10-13)24-11-23-16/h2-10H,11H2,1H3,(H4,19,20,22)/b15-9-,21-12+. The molecule has 0 spiro atoms. The second-order valence-electron chi connectivity index (χ2n) is 5.25. The van der Waals surface area contributed by atoms with Crippen molar-refractivity contribution in [3.63, 3.8) is 0 Å². The van der Waals surface area contributed by atoms with Crippen LogP contribution in [0.4, 0.5) is 0 Å². The fourth-order valence-corrected chi connectivity index (χ4v) is 2.37. The molecule has 0 fully saturated rings. The molecule has 1 aliphatic heterocycles. The van der Waals surface area contributed by atoms with Gasteiger partial charge in [-0.3, -0.25) is 0 Å². The Bertz CT molecular complexity index is 822. The Kier molecular flexibility index (Phi) is 4.47. The first-order valence-electron chi connectivity index (χ1n) is 7.44. The van der Waals surface area contributed by atoms with Crippen molar-refractivity contribution in [3.05, 3.63) is 59.7 Å². The number of benzene rings is 2. The molecule has 24 heavy (non-hydrogen) atoms. The molecule has 0 bridgehead atoms. The van der Waals surface area contributed by atoms with Crippen molar-refractivity contribution in [3.8, 4) is 11.5 Å². The van der Waals surface area contributed by atoms with Crippen molar-refractivity contribution < 1.29 is 9.47 Å². The number of guanidine groups is 1. The van der Waals surface area contributed by atoms with Crippen LogP contribution in [0.5, 0.6) is 11.5 Å². The third-order valence-electron chi connectivity index (χ3n) is 3.50. The van der Waals surface area contributed by atoms with Gasteiger partial charge in [-0.05, 0) is 36.3 Å². The first-order chi connectivity index (χ1) is 11.6. The molecule has 0 atom stereocenters. The fourth-order valence-electron chi connectivity index (χ4n) is 2.37. The van der Waals surface area contributed by atoms with E-state index < -0.39 is 0 Å². The maximum Gasteiger partial charge on any atom is 0.231 e. The lowest BCUT2D eigenvalue weighted by atomic mass is 9.99. The van der Waals surface area contributed by atoms with Gasteiger partial charge >= 0.3 is 0 Å². The normalized spacial score (nSPS) is 13.7. The topological polar surface area (TPSA) is 95.2 Å². The molecule has 122 valence electrons. The molecule has 4 N–H and O–H groups in total. The molecular formula is C18H18N4O2. The van der Waals surface area contributed by atoms with Gasteiger partial charge in [0.15, 0.2) is 11.5 Å². The highest BCUT2D eigenvalue weighted by Gasteiger charge is 2.13. The second kappa shape index (κ2) is 6.87. The highest BCUT2D eigenvalue weighted by molar-refractivity contribution is 6.27. The number of hydrogen-bond donors (Lipinski definition) is 2. The van der Waals surface area contributed by atoms with E-state index >= 15 is 0 Å². The van der Waals surface area contributed by atoms with Crippen LogP contribution in [0.25, 0.3) is 11.6 Å². The number of hydrogen-bond acceptors (Lipinski definition) is 4. The summed E-state index contributed by atoms with van der Waals surface area (Å²) >= 11 is 0. The van der Waals surface area contributed by atoms with E-state index in [0.717, 1.165) is 28.2 Å². The number of allylic oxidation sites excluding steroid dienone is 1. The highest BCUT2D eigenvalue weighted by Crippen LogP contribution is 2.33. The van der Waals surface area contributed by atoms with Crippen molar-refractivity contribution >= 4 is 23.3 Å². The zero-order valence-corrected chi connectivity index (χ0v) is 13.3. The van der Waals surface area contributed by atoms with Crippen molar-refractivity contribution in [2.24, 2.45) is 21.7 Å². The minimum Gasteiger partial charge on any atom is -0.454 e. The Morgan fingerprint density at radius 2 is 1.75 bits per heavy atom. The number of nitrogens with zero attached hydrogens (tertiary/aromatic N) is 2. The summed E-state index contributed by atoms with van der Waals surface area (Å²) in [6, 6.07) is 15.7. The van der Waals surface area contributed by atoms with Crippen LogP contribution >= 0.6 is 0 Å². The molecule has 3 rings (SSSR count). The Morgan fingerprint density at radius 1 is 1.00 bits per heavy atom. The zero-order chi connectivity index (χ0) is 16.9. The number of nitrogens with two attached hydrogens (primary N) is 2. The van der Waals surface area contributed by atoms with Gasteiger partial charge in [0.25, 0.3) is 0 Å². The van der Waals surface area contributed by atoms with E-state index in [0.29, 0.717) is 5.71 Å². The van der Waals surface area contributed by atoms with E-state index in [4.69, 9.17) is 20.9 Å². The predicted octanol–water partition coefficient (Wildman–Crippen LogP) is 2.61. The summed E-state index contributed by atoms with van der Waals surface area (Å²) < 4.78 is 10.8. The summed E-state index contributed by atoms with van der Waals surface area (Å²) in [4.78, 5) is 0. The van der Waals surface area contributed by atoms with Crippen LogP contribution in [0, 0.1) is 0 Å². The minimum atomic E-state index is -0.0789. The molecule has 0 radical (unpaired) electrons. The molecule has 2 aromatic carbocycles. The Morgan fingerprint density at radius 3 is 2.50 bits per heavy atom. The molecular weight excluding hydrogens is 304 g/mol. The van der Waals surface area contributed by atoms with E-state index in [1.807, 2.05) is 61.5 Å². The maximum atomic E-state index is 5.43. The minimum absolute atomic E-state index is 0.0789. The molecule has 2 aromatic rings. The van der Waals surface area contributed by atoms with E-state index in [1.54, 1.807) is 0 Å². The molecule has 0 saturated heterocycles. The van der Waals surface area contributed by atoms with Crippen molar-refractivity contribution in [2.45, 2.75) is 6.92 Å². The summed E-state index contributed by atoms with van der Waals surface area (Å²) in [6.07, 6.45) is 2.01. The van der Waals surface area contributed by atoms with Crippen molar-refractivity contribution in [1.29, 1.82) is 0 Å². The molecule has 1 heterocycles. The summed E-state index contributed by atoms with van der Waals surface area (Å²) in [5.74, 6) is 1.40. The second-order valence-corrected chi connectivity index (χ2v) is 5.25. The number of rotatable bonds is 4.